The lowest BCUT2D eigenvalue weighted by Crippen LogP contribution is -1.99. The van der Waals surface area contributed by atoms with Crippen LogP contribution < -0.4 is 6.15 Å². The summed E-state index contributed by atoms with van der Waals surface area (Å²) in [5, 5.41) is 0. The minimum absolute atomic E-state index is 0. The summed E-state index contributed by atoms with van der Waals surface area (Å²) in [6, 6.07) is 18.6. The minimum Gasteiger partial charge on any atom is -0.369 e. The van der Waals surface area contributed by atoms with Gasteiger partial charge in [-0.3, -0.25) is 4.79 Å². The Hall–Kier alpha value is -1.93. The summed E-state index contributed by atoms with van der Waals surface area (Å²) in [6.45, 7) is 0. The SMILES string of the molecule is O=C(c1ccccc1)c1ccccc1.[NH4+]. The van der Waals surface area contributed by atoms with Gasteiger partial charge >= 0.3 is 0 Å². The van der Waals surface area contributed by atoms with Crippen LogP contribution in [0.15, 0.2) is 60.7 Å². The first-order valence-electron chi connectivity index (χ1n) is 4.53. The number of hydrogen-bond acceptors (Lipinski definition) is 1. The molecule has 0 fully saturated rings. The number of ketones is 1. The maximum Gasteiger partial charge on any atom is 0.193 e. The summed E-state index contributed by atoms with van der Waals surface area (Å²) in [5.41, 5.74) is 1.47. The molecule has 0 heterocycles. The van der Waals surface area contributed by atoms with E-state index in [1.807, 2.05) is 60.7 Å². The molecule has 2 aromatic rings. The molecule has 0 aliphatic carbocycles. The topological polar surface area (TPSA) is 53.6 Å². The molecule has 0 saturated carbocycles. The molecule has 4 N–H and O–H groups in total. The summed E-state index contributed by atoms with van der Waals surface area (Å²) in [7, 11) is 0. The Bertz CT molecular complexity index is 381. The van der Waals surface area contributed by atoms with Crippen LogP contribution in [0.25, 0.3) is 0 Å². The van der Waals surface area contributed by atoms with Crippen molar-refractivity contribution < 1.29 is 4.79 Å². The molecule has 0 radical (unpaired) electrons. The predicted octanol–water partition coefficient (Wildman–Crippen LogP) is 3.29. The van der Waals surface area contributed by atoms with Gasteiger partial charge in [0.25, 0.3) is 0 Å². The summed E-state index contributed by atoms with van der Waals surface area (Å²) in [4.78, 5) is 11.8. The molecule has 0 aromatic heterocycles. The molecule has 0 aliphatic heterocycles. The van der Waals surface area contributed by atoms with Gasteiger partial charge < -0.3 is 6.15 Å². The van der Waals surface area contributed by atoms with Crippen LogP contribution in [0.5, 0.6) is 0 Å². The van der Waals surface area contributed by atoms with Gasteiger partial charge in [0.2, 0.25) is 0 Å². The van der Waals surface area contributed by atoms with Crippen molar-refractivity contribution in [2.45, 2.75) is 0 Å². The first-order valence-corrected chi connectivity index (χ1v) is 4.53. The van der Waals surface area contributed by atoms with E-state index in [1.54, 1.807) is 0 Å². The van der Waals surface area contributed by atoms with E-state index < -0.39 is 0 Å². The van der Waals surface area contributed by atoms with Crippen molar-refractivity contribution in [2.75, 3.05) is 0 Å². The lowest BCUT2D eigenvalue weighted by atomic mass is 10.0. The predicted molar refractivity (Wildman–Crippen MR) is 62.3 cm³/mol. The Kier molecular flexibility index (Phi) is 3.77. The van der Waals surface area contributed by atoms with Gasteiger partial charge in [-0.1, -0.05) is 60.7 Å². The fraction of sp³-hybridized carbons (Fsp3) is 0. The molecule has 76 valence electrons. The second-order valence-corrected chi connectivity index (χ2v) is 3.06. The van der Waals surface area contributed by atoms with Crippen molar-refractivity contribution in [1.82, 2.24) is 6.15 Å². The van der Waals surface area contributed by atoms with Gasteiger partial charge in [-0.2, -0.15) is 0 Å². The Morgan fingerprint density at radius 1 is 0.667 bits per heavy atom. The van der Waals surface area contributed by atoms with Crippen molar-refractivity contribution in [1.29, 1.82) is 0 Å². The quantitative estimate of drug-likeness (QED) is 0.743. The third kappa shape index (κ3) is 2.51. The number of rotatable bonds is 2. The maximum atomic E-state index is 11.8. The molecule has 2 aromatic carbocycles. The summed E-state index contributed by atoms with van der Waals surface area (Å²) < 4.78 is 0. The molecule has 2 nitrogen and oxygen atoms in total. The molecule has 0 bridgehead atoms. The van der Waals surface area contributed by atoms with E-state index >= 15 is 0 Å². The highest BCUT2D eigenvalue weighted by atomic mass is 16.1. The Labute approximate surface area is 89.2 Å². The standard InChI is InChI=1S/C13H10O.H3N/c14-13(11-7-3-1-4-8-11)12-9-5-2-6-10-12;/h1-10H;1H3/p+1. The summed E-state index contributed by atoms with van der Waals surface area (Å²) in [6.07, 6.45) is 0. The van der Waals surface area contributed by atoms with Gasteiger partial charge in [0.15, 0.2) is 5.78 Å². The average Bonchev–Trinajstić information content (AvgIpc) is 2.30. The van der Waals surface area contributed by atoms with Crippen LogP contribution in [0.3, 0.4) is 0 Å². The number of quaternary nitrogens is 1. The van der Waals surface area contributed by atoms with Crippen molar-refractivity contribution in [3.63, 3.8) is 0 Å². The number of carbonyl (C=O) groups excluding carboxylic acids is 1. The van der Waals surface area contributed by atoms with Gasteiger partial charge in [-0.25, -0.2) is 0 Å². The minimum atomic E-state index is 0. The lowest BCUT2D eigenvalue weighted by Gasteiger charge is -1.99. The van der Waals surface area contributed by atoms with Crippen LogP contribution in [-0.4, -0.2) is 5.78 Å². The fourth-order valence-electron chi connectivity index (χ4n) is 1.35. The van der Waals surface area contributed by atoms with Crippen molar-refractivity contribution in [2.24, 2.45) is 0 Å². The van der Waals surface area contributed by atoms with Crippen LogP contribution in [0.2, 0.25) is 0 Å². The highest BCUT2D eigenvalue weighted by molar-refractivity contribution is 6.08. The molecular weight excluding hydrogens is 186 g/mol. The number of benzene rings is 2. The largest absolute Gasteiger partial charge is 0.369 e. The summed E-state index contributed by atoms with van der Waals surface area (Å²) >= 11 is 0. The third-order valence-corrected chi connectivity index (χ3v) is 2.07. The maximum absolute atomic E-state index is 11.8. The van der Waals surface area contributed by atoms with Gasteiger partial charge in [-0.05, 0) is 0 Å². The van der Waals surface area contributed by atoms with E-state index in [0.29, 0.717) is 0 Å². The van der Waals surface area contributed by atoms with E-state index in [2.05, 4.69) is 0 Å². The van der Waals surface area contributed by atoms with Gasteiger partial charge in [-0.15, -0.1) is 0 Å². The Morgan fingerprint density at radius 2 is 1.00 bits per heavy atom. The summed E-state index contributed by atoms with van der Waals surface area (Å²) in [5.74, 6) is 0.0752. The Balaban J connectivity index is 0.00000112. The van der Waals surface area contributed by atoms with Crippen molar-refractivity contribution >= 4 is 5.78 Å². The van der Waals surface area contributed by atoms with Crippen molar-refractivity contribution in [3.05, 3.63) is 71.8 Å². The molecule has 0 saturated heterocycles. The lowest BCUT2D eigenvalue weighted by molar-refractivity contribution is 0.103. The smallest absolute Gasteiger partial charge is 0.193 e. The van der Waals surface area contributed by atoms with Crippen LogP contribution in [0.1, 0.15) is 15.9 Å². The number of carbonyl (C=O) groups is 1. The molecule has 2 rings (SSSR count). The molecule has 0 aliphatic rings. The van der Waals surface area contributed by atoms with Crippen LogP contribution >= 0.6 is 0 Å². The zero-order chi connectivity index (χ0) is 9.80. The van der Waals surface area contributed by atoms with E-state index in [9.17, 15) is 4.79 Å². The monoisotopic (exact) mass is 200 g/mol. The molecule has 0 unspecified atom stereocenters. The second kappa shape index (κ2) is 5.08. The molecular formula is C13H14NO+. The highest BCUT2D eigenvalue weighted by Crippen LogP contribution is 2.08. The van der Waals surface area contributed by atoms with Gasteiger partial charge in [0.1, 0.15) is 0 Å². The van der Waals surface area contributed by atoms with Crippen LogP contribution in [-0.2, 0) is 0 Å². The van der Waals surface area contributed by atoms with Crippen LogP contribution in [0, 0.1) is 0 Å². The highest BCUT2D eigenvalue weighted by Gasteiger charge is 2.06. The molecule has 0 amide bonds. The van der Waals surface area contributed by atoms with E-state index in [-0.39, 0.29) is 11.9 Å². The first-order chi connectivity index (χ1) is 6.88. The van der Waals surface area contributed by atoms with Crippen molar-refractivity contribution in [3.8, 4) is 0 Å². The second-order valence-electron chi connectivity index (χ2n) is 3.06. The molecule has 2 heteroatoms. The van der Waals surface area contributed by atoms with Gasteiger partial charge in [0, 0.05) is 11.1 Å². The van der Waals surface area contributed by atoms with E-state index in [1.165, 1.54) is 0 Å². The molecule has 0 spiro atoms. The first kappa shape index (κ1) is 11.1. The van der Waals surface area contributed by atoms with E-state index in [4.69, 9.17) is 0 Å². The fourth-order valence-corrected chi connectivity index (χ4v) is 1.35. The Morgan fingerprint density at radius 3 is 1.33 bits per heavy atom. The normalized spacial score (nSPS) is 9.07. The average molecular weight is 200 g/mol. The zero-order valence-electron chi connectivity index (χ0n) is 8.68. The number of hydrogen-bond donors (Lipinski definition) is 1. The van der Waals surface area contributed by atoms with E-state index in [0.717, 1.165) is 11.1 Å². The third-order valence-electron chi connectivity index (χ3n) is 2.07. The molecule has 0 atom stereocenters. The van der Waals surface area contributed by atoms with Gasteiger partial charge in [0.05, 0.1) is 0 Å². The van der Waals surface area contributed by atoms with Crippen LogP contribution in [0.4, 0.5) is 0 Å². The molecule has 15 heavy (non-hydrogen) atoms. The zero-order valence-corrected chi connectivity index (χ0v) is 8.68.